The molecular weight excluding hydrogens is 462 g/mol. The Morgan fingerprint density at radius 3 is 2.31 bits per heavy atom. The van der Waals surface area contributed by atoms with Crippen molar-refractivity contribution in [3.8, 4) is 11.1 Å². The van der Waals surface area contributed by atoms with Crippen molar-refractivity contribution < 1.29 is 28.8 Å². The molecule has 0 saturated carbocycles. The second-order valence-corrected chi connectivity index (χ2v) is 8.76. The number of nitrogens with zero attached hydrogens (tertiary/aromatic N) is 2. The van der Waals surface area contributed by atoms with Crippen LogP contribution in [0.1, 0.15) is 49.0 Å². The van der Waals surface area contributed by atoms with E-state index in [1.54, 1.807) is 13.0 Å². The van der Waals surface area contributed by atoms with E-state index in [0.717, 1.165) is 27.2 Å². The Balaban J connectivity index is 1.47. The van der Waals surface area contributed by atoms with Gasteiger partial charge < -0.3 is 19.7 Å². The quantitative estimate of drug-likeness (QED) is 0.417. The first-order valence-electron chi connectivity index (χ1n) is 12.0. The first-order chi connectivity index (χ1) is 17.4. The number of amides is 2. The normalized spacial score (nSPS) is 12.9. The molecule has 1 aliphatic rings. The number of carboxylic acids is 1. The van der Waals surface area contributed by atoms with Crippen molar-refractivity contribution in [2.75, 3.05) is 18.5 Å². The second kappa shape index (κ2) is 11.1. The number of carboxylic acid groups (broad SMARTS) is 1. The molecule has 2 aromatic carbocycles. The minimum absolute atomic E-state index is 0.0617. The summed E-state index contributed by atoms with van der Waals surface area (Å²) in [6, 6.07) is 16.4. The molecule has 0 fully saturated rings. The third kappa shape index (κ3) is 5.40. The van der Waals surface area contributed by atoms with Gasteiger partial charge in [0.2, 0.25) is 5.91 Å². The van der Waals surface area contributed by atoms with Crippen molar-refractivity contribution in [3.05, 3.63) is 71.5 Å². The number of carbonyl (C=O) groups is 3. The van der Waals surface area contributed by atoms with Gasteiger partial charge in [0.15, 0.2) is 5.82 Å². The fraction of sp³-hybridized carbons (Fsp3) is 0.333. The van der Waals surface area contributed by atoms with Crippen molar-refractivity contribution in [2.24, 2.45) is 0 Å². The first-order valence-corrected chi connectivity index (χ1v) is 12.0. The van der Waals surface area contributed by atoms with Crippen LogP contribution in [0.5, 0.6) is 0 Å². The van der Waals surface area contributed by atoms with Crippen LogP contribution in [0, 0.1) is 6.92 Å². The number of hydrogen-bond acceptors (Lipinski definition) is 6. The van der Waals surface area contributed by atoms with Crippen molar-refractivity contribution >= 4 is 23.8 Å². The molecule has 1 aliphatic carbocycles. The zero-order valence-electron chi connectivity index (χ0n) is 20.3. The molecule has 0 spiro atoms. The van der Waals surface area contributed by atoms with Crippen LogP contribution in [-0.2, 0) is 14.3 Å². The van der Waals surface area contributed by atoms with Gasteiger partial charge in [-0.15, -0.1) is 0 Å². The topological polar surface area (TPSA) is 122 Å². The van der Waals surface area contributed by atoms with E-state index in [4.69, 9.17) is 9.26 Å². The third-order valence-electron chi connectivity index (χ3n) is 6.27. The van der Waals surface area contributed by atoms with Gasteiger partial charge in [0, 0.05) is 24.9 Å². The Kier molecular flexibility index (Phi) is 7.68. The monoisotopic (exact) mass is 491 g/mol. The summed E-state index contributed by atoms with van der Waals surface area (Å²) in [6.07, 6.45) is -0.0929. The Bertz CT molecular complexity index is 1210. The van der Waals surface area contributed by atoms with Gasteiger partial charge in [-0.3, -0.25) is 9.69 Å². The fourth-order valence-corrected chi connectivity index (χ4v) is 4.59. The number of aryl methyl sites for hydroxylation is 1. The number of aliphatic carboxylic acids is 1. The number of hydrogen-bond donors (Lipinski definition) is 2. The number of nitrogens with one attached hydrogen (secondary N) is 1. The summed E-state index contributed by atoms with van der Waals surface area (Å²) in [6.45, 7) is 3.48. The summed E-state index contributed by atoms with van der Waals surface area (Å²) < 4.78 is 10.6. The maximum Gasteiger partial charge on any atom is 0.410 e. The predicted molar refractivity (Wildman–Crippen MR) is 133 cm³/mol. The molecule has 0 saturated heterocycles. The number of rotatable bonds is 10. The zero-order valence-corrected chi connectivity index (χ0v) is 20.3. The molecule has 1 unspecified atom stereocenters. The summed E-state index contributed by atoms with van der Waals surface area (Å²) in [5.41, 5.74) is 4.31. The van der Waals surface area contributed by atoms with Gasteiger partial charge in [0.05, 0.1) is 0 Å². The number of ether oxygens (including phenoxy) is 1. The van der Waals surface area contributed by atoms with E-state index in [9.17, 15) is 19.5 Å². The molecule has 1 aromatic heterocycles. The van der Waals surface area contributed by atoms with Gasteiger partial charge in [-0.1, -0.05) is 67.0 Å². The molecule has 188 valence electrons. The molecule has 3 aromatic rings. The van der Waals surface area contributed by atoms with Crippen LogP contribution < -0.4 is 5.32 Å². The van der Waals surface area contributed by atoms with E-state index in [2.05, 4.69) is 10.5 Å². The Hall–Kier alpha value is -4.14. The lowest BCUT2D eigenvalue weighted by atomic mass is 9.98. The molecular formula is C27H29N3O6. The van der Waals surface area contributed by atoms with Crippen molar-refractivity contribution in [2.45, 2.75) is 45.1 Å². The van der Waals surface area contributed by atoms with Gasteiger partial charge in [-0.25, -0.2) is 9.59 Å². The maximum atomic E-state index is 13.2. The van der Waals surface area contributed by atoms with E-state index < -0.39 is 24.0 Å². The zero-order chi connectivity index (χ0) is 25.7. The molecule has 0 bridgehead atoms. The lowest BCUT2D eigenvalue weighted by Crippen LogP contribution is -2.46. The molecule has 1 heterocycles. The van der Waals surface area contributed by atoms with E-state index in [0.29, 0.717) is 12.2 Å². The molecule has 1 atom stereocenters. The highest BCUT2D eigenvalue weighted by atomic mass is 16.6. The average Bonchev–Trinajstić information content (AvgIpc) is 3.42. The SMILES string of the molecule is CCCC(C(=O)O)N(CCC(=O)Nc1cc(C)on1)C(=O)OCC1c2ccccc2-c2ccccc21. The van der Waals surface area contributed by atoms with Gasteiger partial charge in [-0.2, -0.15) is 0 Å². The third-order valence-corrected chi connectivity index (χ3v) is 6.27. The fourth-order valence-electron chi connectivity index (χ4n) is 4.59. The van der Waals surface area contributed by atoms with Crippen LogP contribution in [0.25, 0.3) is 11.1 Å². The van der Waals surface area contributed by atoms with E-state index in [1.807, 2.05) is 55.5 Å². The standard InChI is InChI=1S/C27H29N3O6/c1-3-8-23(26(32)33)30(14-13-25(31)28-24-15-17(2)36-29-24)27(34)35-16-22-20-11-6-4-9-18(20)19-10-5-7-12-21(19)22/h4-7,9-12,15,22-23H,3,8,13-14,16H2,1-2H3,(H,32,33)(H,28,29,31). The largest absolute Gasteiger partial charge is 0.480 e. The first kappa shape index (κ1) is 25.0. The van der Waals surface area contributed by atoms with Crippen LogP contribution >= 0.6 is 0 Å². The predicted octanol–water partition coefficient (Wildman–Crippen LogP) is 4.82. The van der Waals surface area contributed by atoms with Gasteiger partial charge in [0.25, 0.3) is 0 Å². The second-order valence-electron chi connectivity index (χ2n) is 8.76. The van der Waals surface area contributed by atoms with E-state index in [1.165, 1.54) is 0 Å². The van der Waals surface area contributed by atoms with Crippen LogP contribution in [0.15, 0.2) is 59.1 Å². The lowest BCUT2D eigenvalue weighted by molar-refractivity contribution is -0.143. The summed E-state index contributed by atoms with van der Waals surface area (Å²) in [5, 5.41) is 16.1. The van der Waals surface area contributed by atoms with Crippen molar-refractivity contribution in [3.63, 3.8) is 0 Å². The average molecular weight is 492 g/mol. The Morgan fingerprint density at radius 2 is 1.75 bits per heavy atom. The van der Waals surface area contributed by atoms with Gasteiger partial charge >= 0.3 is 12.1 Å². The molecule has 2 amide bonds. The Labute approximate surface area is 209 Å². The van der Waals surface area contributed by atoms with Gasteiger partial charge in [-0.05, 0) is 35.6 Å². The summed E-state index contributed by atoms with van der Waals surface area (Å²) in [4.78, 5) is 38.7. The van der Waals surface area contributed by atoms with Gasteiger partial charge in [0.1, 0.15) is 18.4 Å². The molecule has 36 heavy (non-hydrogen) atoms. The summed E-state index contributed by atoms with van der Waals surface area (Å²) in [5.74, 6) is -0.914. The molecule has 2 N–H and O–H groups in total. The van der Waals surface area contributed by atoms with Crippen molar-refractivity contribution in [1.29, 1.82) is 0 Å². The molecule has 0 radical (unpaired) electrons. The smallest absolute Gasteiger partial charge is 0.410 e. The number of aromatic nitrogens is 1. The molecule has 9 heteroatoms. The lowest BCUT2D eigenvalue weighted by Gasteiger charge is -2.28. The van der Waals surface area contributed by atoms with E-state index >= 15 is 0 Å². The Morgan fingerprint density at radius 1 is 1.11 bits per heavy atom. The number of anilines is 1. The summed E-state index contributed by atoms with van der Waals surface area (Å²) >= 11 is 0. The molecule has 4 rings (SSSR count). The highest BCUT2D eigenvalue weighted by Crippen LogP contribution is 2.44. The highest BCUT2D eigenvalue weighted by Gasteiger charge is 2.33. The maximum absolute atomic E-state index is 13.2. The number of fused-ring (bicyclic) bond motifs is 3. The minimum atomic E-state index is -1.14. The van der Waals surface area contributed by atoms with Crippen LogP contribution in [0.4, 0.5) is 10.6 Å². The van der Waals surface area contributed by atoms with Crippen LogP contribution in [-0.4, -0.2) is 52.3 Å². The number of benzene rings is 2. The number of carbonyl (C=O) groups excluding carboxylic acids is 2. The van der Waals surface area contributed by atoms with Crippen LogP contribution in [0.2, 0.25) is 0 Å². The molecule has 9 nitrogen and oxygen atoms in total. The van der Waals surface area contributed by atoms with Crippen LogP contribution in [0.3, 0.4) is 0 Å². The highest BCUT2D eigenvalue weighted by molar-refractivity contribution is 5.90. The summed E-state index contributed by atoms with van der Waals surface area (Å²) in [7, 11) is 0. The minimum Gasteiger partial charge on any atom is -0.480 e. The van der Waals surface area contributed by atoms with E-state index in [-0.39, 0.29) is 37.7 Å². The van der Waals surface area contributed by atoms with Crippen molar-refractivity contribution in [1.82, 2.24) is 10.1 Å². The molecule has 0 aliphatic heterocycles.